The van der Waals surface area contributed by atoms with E-state index in [2.05, 4.69) is 0 Å². The van der Waals surface area contributed by atoms with Gasteiger partial charge in [0.2, 0.25) is 0 Å². The van der Waals surface area contributed by atoms with E-state index in [1.807, 2.05) is 0 Å². The van der Waals surface area contributed by atoms with Crippen LogP contribution < -0.4 is 4.74 Å². The average Bonchev–Trinajstić information content (AvgIpc) is 2.38. The van der Waals surface area contributed by atoms with E-state index in [-0.39, 0.29) is 0 Å². The van der Waals surface area contributed by atoms with E-state index >= 15 is 0 Å². The summed E-state index contributed by atoms with van der Waals surface area (Å²) in [7, 11) is 1.52. The van der Waals surface area contributed by atoms with Crippen molar-refractivity contribution in [3.63, 3.8) is 0 Å². The monoisotopic (exact) mass is 354 g/mol. The standard InChI is InChI=1S/C13H7Cl5O/c1-19-11-5-7(4-10(16)13(11)18)6-2-8(14)12(17)9(15)3-6/h2-5H,1H3. The normalized spacial score (nSPS) is 10.6. The van der Waals surface area contributed by atoms with Crippen LogP contribution in [0.15, 0.2) is 24.3 Å². The number of rotatable bonds is 2. The Morgan fingerprint density at radius 1 is 0.684 bits per heavy atom. The van der Waals surface area contributed by atoms with E-state index < -0.39 is 0 Å². The summed E-state index contributed by atoms with van der Waals surface area (Å²) in [6.07, 6.45) is 0. The Balaban J connectivity index is 2.62. The average molecular weight is 356 g/mol. The van der Waals surface area contributed by atoms with Gasteiger partial charge in [-0.1, -0.05) is 58.0 Å². The van der Waals surface area contributed by atoms with Gasteiger partial charge in [-0.05, 0) is 35.4 Å². The molecule has 0 aromatic heterocycles. The topological polar surface area (TPSA) is 9.23 Å². The number of ether oxygens (including phenoxy) is 1. The molecular formula is C13H7Cl5O. The highest BCUT2D eigenvalue weighted by atomic mass is 35.5. The Morgan fingerprint density at radius 3 is 1.58 bits per heavy atom. The summed E-state index contributed by atoms with van der Waals surface area (Å²) in [5.74, 6) is 0.478. The Morgan fingerprint density at radius 2 is 1.11 bits per heavy atom. The summed E-state index contributed by atoms with van der Waals surface area (Å²) in [5, 5.41) is 1.81. The summed E-state index contributed by atoms with van der Waals surface area (Å²) < 4.78 is 5.16. The van der Waals surface area contributed by atoms with Crippen LogP contribution in [0.2, 0.25) is 25.1 Å². The number of methoxy groups -OCH3 is 1. The van der Waals surface area contributed by atoms with Crippen molar-refractivity contribution in [1.82, 2.24) is 0 Å². The van der Waals surface area contributed by atoms with E-state index in [4.69, 9.17) is 62.7 Å². The molecule has 0 amide bonds. The van der Waals surface area contributed by atoms with Crippen molar-refractivity contribution < 1.29 is 4.74 Å². The molecule has 2 rings (SSSR count). The van der Waals surface area contributed by atoms with Gasteiger partial charge in [0.15, 0.2) is 0 Å². The fourth-order valence-electron chi connectivity index (χ4n) is 1.60. The maximum absolute atomic E-state index is 6.05. The van der Waals surface area contributed by atoms with E-state index in [1.54, 1.807) is 24.3 Å². The Kier molecular flexibility index (Phi) is 4.75. The third-order valence-corrected chi connectivity index (χ3v) is 4.51. The van der Waals surface area contributed by atoms with E-state index in [0.29, 0.717) is 30.9 Å². The summed E-state index contributed by atoms with van der Waals surface area (Å²) in [6.45, 7) is 0. The van der Waals surface area contributed by atoms with Crippen molar-refractivity contribution in [3.8, 4) is 16.9 Å². The van der Waals surface area contributed by atoms with Gasteiger partial charge in [0.1, 0.15) is 10.8 Å². The predicted octanol–water partition coefficient (Wildman–Crippen LogP) is 6.63. The van der Waals surface area contributed by atoms with Crippen molar-refractivity contribution in [1.29, 1.82) is 0 Å². The van der Waals surface area contributed by atoms with Crippen LogP contribution in [0.25, 0.3) is 11.1 Å². The molecule has 0 saturated carbocycles. The van der Waals surface area contributed by atoms with Gasteiger partial charge in [-0.3, -0.25) is 0 Å². The molecule has 0 radical (unpaired) electrons. The first kappa shape index (κ1) is 15.1. The van der Waals surface area contributed by atoms with Crippen LogP contribution in [-0.2, 0) is 0 Å². The quantitative estimate of drug-likeness (QED) is 0.549. The van der Waals surface area contributed by atoms with Crippen LogP contribution in [0, 0.1) is 0 Å². The number of halogens is 5. The molecule has 6 heteroatoms. The van der Waals surface area contributed by atoms with Crippen molar-refractivity contribution in [3.05, 3.63) is 49.4 Å². The minimum absolute atomic E-state index is 0.319. The molecule has 0 saturated heterocycles. The van der Waals surface area contributed by atoms with Crippen LogP contribution in [-0.4, -0.2) is 7.11 Å². The van der Waals surface area contributed by atoms with Crippen molar-refractivity contribution in [2.45, 2.75) is 0 Å². The molecule has 100 valence electrons. The van der Waals surface area contributed by atoms with E-state index in [0.717, 1.165) is 11.1 Å². The zero-order chi connectivity index (χ0) is 14.2. The Labute approximate surface area is 135 Å². The Hall–Kier alpha value is -0.310. The lowest BCUT2D eigenvalue weighted by atomic mass is 10.1. The van der Waals surface area contributed by atoms with Crippen LogP contribution in [0.5, 0.6) is 5.75 Å². The van der Waals surface area contributed by atoms with Gasteiger partial charge in [0.05, 0.1) is 27.2 Å². The van der Waals surface area contributed by atoms with Crippen LogP contribution in [0.4, 0.5) is 0 Å². The molecular weight excluding hydrogens is 349 g/mol. The molecule has 2 aromatic carbocycles. The fraction of sp³-hybridized carbons (Fsp3) is 0.0769. The smallest absolute Gasteiger partial charge is 0.139 e. The molecule has 19 heavy (non-hydrogen) atoms. The summed E-state index contributed by atoms with van der Waals surface area (Å²) in [5.41, 5.74) is 1.56. The molecule has 0 aliphatic heterocycles. The second kappa shape index (κ2) is 5.99. The van der Waals surface area contributed by atoms with Gasteiger partial charge in [0.25, 0.3) is 0 Å². The Bertz CT molecular complexity index is 616. The minimum Gasteiger partial charge on any atom is -0.495 e. The number of hydrogen-bond donors (Lipinski definition) is 0. The molecule has 0 aliphatic carbocycles. The summed E-state index contributed by atoms with van der Waals surface area (Å²) >= 11 is 30.0. The first-order valence-electron chi connectivity index (χ1n) is 5.12. The lowest BCUT2D eigenvalue weighted by Crippen LogP contribution is -1.87. The fourth-order valence-corrected chi connectivity index (χ4v) is 2.59. The number of benzene rings is 2. The highest BCUT2D eigenvalue weighted by Gasteiger charge is 2.12. The predicted molar refractivity (Wildman–Crippen MR) is 83.5 cm³/mol. The molecule has 0 aliphatic rings. The van der Waals surface area contributed by atoms with Gasteiger partial charge in [-0.15, -0.1) is 0 Å². The lowest BCUT2D eigenvalue weighted by Gasteiger charge is -2.10. The maximum atomic E-state index is 6.05. The minimum atomic E-state index is 0.319. The lowest BCUT2D eigenvalue weighted by molar-refractivity contribution is 0.415. The van der Waals surface area contributed by atoms with Gasteiger partial charge >= 0.3 is 0 Å². The largest absolute Gasteiger partial charge is 0.495 e. The first-order valence-corrected chi connectivity index (χ1v) is 7.01. The molecule has 0 N–H and O–H groups in total. The molecule has 0 bridgehead atoms. The second-order valence-electron chi connectivity index (χ2n) is 3.73. The highest BCUT2D eigenvalue weighted by Crippen LogP contribution is 2.40. The molecule has 0 atom stereocenters. The third kappa shape index (κ3) is 3.07. The van der Waals surface area contributed by atoms with Crippen molar-refractivity contribution >= 4 is 58.0 Å². The summed E-state index contributed by atoms with van der Waals surface area (Å²) in [4.78, 5) is 0. The van der Waals surface area contributed by atoms with E-state index in [1.165, 1.54) is 7.11 Å². The van der Waals surface area contributed by atoms with Gasteiger partial charge in [-0.2, -0.15) is 0 Å². The van der Waals surface area contributed by atoms with Crippen LogP contribution in [0.3, 0.4) is 0 Å². The van der Waals surface area contributed by atoms with Crippen LogP contribution in [0.1, 0.15) is 0 Å². The molecule has 0 heterocycles. The van der Waals surface area contributed by atoms with Crippen LogP contribution >= 0.6 is 58.0 Å². The highest BCUT2D eigenvalue weighted by molar-refractivity contribution is 6.48. The molecule has 0 fully saturated rings. The third-order valence-electron chi connectivity index (χ3n) is 2.53. The zero-order valence-corrected chi connectivity index (χ0v) is 13.4. The second-order valence-corrected chi connectivity index (χ2v) is 5.71. The molecule has 2 aromatic rings. The van der Waals surface area contributed by atoms with E-state index in [9.17, 15) is 0 Å². The zero-order valence-electron chi connectivity index (χ0n) is 9.61. The van der Waals surface area contributed by atoms with Gasteiger partial charge < -0.3 is 4.74 Å². The summed E-state index contributed by atoms with van der Waals surface area (Å²) in [6, 6.07) is 6.87. The van der Waals surface area contributed by atoms with Gasteiger partial charge in [-0.25, -0.2) is 0 Å². The SMILES string of the molecule is COc1cc(-c2cc(Cl)c(Cl)c(Cl)c2)cc(Cl)c1Cl. The first-order chi connectivity index (χ1) is 8.93. The number of hydrogen-bond acceptors (Lipinski definition) is 1. The maximum Gasteiger partial charge on any atom is 0.139 e. The van der Waals surface area contributed by atoms with Gasteiger partial charge in [0, 0.05) is 0 Å². The molecule has 0 unspecified atom stereocenters. The molecule has 0 spiro atoms. The van der Waals surface area contributed by atoms with Crippen molar-refractivity contribution in [2.75, 3.05) is 7.11 Å². The molecule has 1 nitrogen and oxygen atoms in total. The van der Waals surface area contributed by atoms with Crippen molar-refractivity contribution in [2.24, 2.45) is 0 Å².